The zero-order valence-electron chi connectivity index (χ0n) is 7.61. The van der Waals surface area contributed by atoms with Gasteiger partial charge in [0.25, 0.3) is 0 Å². The zero-order chi connectivity index (χ0) is 9.90. The van der Waals surface area contributed by atoms with Gasteiger partial charge >= 0.3 is 6.18 Å². The molecule has 0 radical (unpaired) electrons. The Kier molecular flexibility index (Phi) is 3.59. The number of hydrogen-bond acceptors (Lipinski definition) is 1. The van der Waals surface area contributed by atoms with Crippen molar-refractivity contribution in [1.82, 2.24) is 0 Å². The van der Waals surface area contributed by atoms with Crippen molar-refractivity contribution in [2.45, 2.75) is 38.3 Å². The average molecular weight is 195 g/mol. The third kappa shape index (κ3) is 2.86. The fraction of sp³-hybridized carbons (Fsp3) is 1.00. The Morgan fingerprint density at radius 3 is 2.15 bits per heavy atom. The molecule has 0 aromatic carbocycles. The summed E-state index contributed by atoms with van der Waals surface area (Å²) >= 11 is 0. The molecule has 1 aliphatic rings. The van der Waals surface area contributed by atoms with Crippen LogP contribution in [-0.4, -0.2) is 12.7 Å². The van der Waals surface area contributed by atoms with Crippen LogP contribution < -0.4 is 5.73 Å². The van der Waals surface area contributed by atoms with E-state index in [2.05, 4.69) is 0 Å². The van der Waals surface area contributed by atoms with E-state index >= 15 is 0 Å². The summed E-state index contributed by atoms with van der Waals surface area (Å²) in [5.74, 6) is -1.32. The number of nitrogens with two attached hydrogens (primary N) is 1. The minimum absolute atomic E-state index is 0.0914. The van der Waals surface area contributed by atoms with Gasteiger partial charge in [0.05, 0.1) is 5.92 Å². The summed E-state index contributed by atoms with van der Waals surface area (Å²) in [7, 11) is 0. The Morgan fingerprint density at radius 2 is 1.77 bits per heavy atom. The second-order valence-corrected chi connectivity index (χ2v) is 3.77. The van der Waals surface area contributed by atoms with Crippen molar-refractivity contribution in [3.63, 3.8) is 0 Å². The Labute approximate surface area is 76.5 Å². The number of halogens is 3. The summed E-state index contributed by atoms with van der Waals surface area (Å²) < 4.78 is 37.5. The van der Waals surface area contributed by atoms with Gasteiger partial charge in [-0.25, -0.2) is 0 Å². The molecule has 1 unspecified atom stereocenters. The molecule has 1 atom stereocenters. The van der Waals surface area contributed by atoms with Gasteiger partial charge in [-0.1, -0.05) is 12.8 Å². The van der Waals surface area contributed by atoms with Crippen LogP contribution in [-0.2, 0) is 0 Å². The van der Waals surface area contributed by atoms with E-state index in [1.54, 1.807) is 0 Å². The first-order chi connectivity index (χ1) is 6.05. The van der Waals surface area contributed by atoms with Crippen molar-refractivity contribution in [2.24, 2.45) is 17.6 Å². The second-order valence-electron chi connectivity index (χ2n) is 3.77. The van der Waals surface area contributed by atoms with Gasteiger partial charge in [0.1, 0.15) is 0 Å². The predicted octanol–water partition coefficient (Wildman–Crippen LogP) is 2.70. The summed E-state index contributed by atoms with van der Waals surface area (Å²) in [5.41, 5.74) is 5.19. The van der Waals surface area contributed by atoms with Gasteiger partial charge in [-0.3, -0.25) is 0 Å². The van der Waals surface area contributed by atoms with E-state index in [4.69, 9.17) is 5.73 Å². The minimum Gasteiger partial charge on any atom is -0.330 e. The quantitative estimate of drug-likeness (QED) is 0.736. The van der Waals surface area contributed by atoms with Crippen LogP contribution in [0.4, 0.5) is 13.2 Å². The van der Waals surface area contributed by atoms with Crippen molar-refractivity contribution in [3.8, 4) is 0 Å². The van der Waals surface area contributed by atoms with Crippen LogP contribution >= 0.6 is 0 Å². The number of alkyl halides is 3. The fourth-order valence-electron chi connectivity index (χ4n) is 2.21. The maximum Gasteiger partial charge on any atom is 0.392 e. The largest absolute Gasteiger partial charge is 0.392 e. The summed E-state index contributed by atoms with van der Waals surface area (Å²) in [5, 5.41) is 0. The van der Waals surface area contributed by atoms with E-state index in [0.29, 0.717) is 0 Å². The SMILES string of the molecule is NCCC(C1CCCC1)C(F)(F)F. The third-order valence-corrected chi connectivity index (χ3v) is 2.87. The topological polar surface area (TPSA) is 26.0 Å². The van der Waals surface area contributed by atoms with E-state index in [1.165, 1.54) is 0 Å². The molecule has 13 heavy (non-hydrogen) atoms. The van der Waals surface area contributed by atoms with Gasteiger partial charge in [0.15, 0.2) is 0 Å². The molecule has 1 rings (SSSR count). The highest BCUT2D eigenvalue weighted by Gasteiger charge is 2.44. The molecule has 1 aliphatic carbocycles. The molecule has 4 heteroatoms. The van der Waals surface area contributed by atoms with Crippen LogP contribution in [0, 0.1) is 11.8 Å². The van der Waals surface area contributed by atoms with Crippen molar-refractivity contribution in [3.05, 3.63) is 0 Å². The molecule has 0 aliphatic heterocycles. The van der Waals surface area contributed by atoms with Crippen molar-refractivity contribution < 1.29 is 13.2 Å². The van der Waals surface area contributed by atoms with Gasteiger partial charge in [-0.2, -0.15) is 13.2 Å². The van der Waals surface area contributed by atoms with Crippen LogP contribution in [0.15, 0.2) is 0 Å². The second kappa shape index (κ2) is 4.31. The van der Waals surface area contributed by atoms with Crippen molar-refractivity contribution in [1.29, 1.82) is 0 Å². The van der Waals surface area contributed by atoms with Crippen LogP contribution in [0.3, 0.4) is 0 Å². The van der Waals surface area contributed by atoms with Crippen molar-refractivity contribution >= 4 is 0 Å². The van der Waals surface area contributed by atoms with E-state index < -0.39 is 12.1 Å². The molecule has 1 fully saturated rings. The predicted molar refractivity (Wildman–Crippen MR) is 45.2 cm³/mol. The molecule has 2 N–H and O–H groups in total. The van der Waals surface area contributed by atoms with E-state index in [9.17, 15) is 13.2 Å². The standard InChI is InChI=1S/C9H16F3N/c10-9(11,12)8(5-6-13)7-3-1-2-4-7/h7-8H,1-6,13H2. The lowest BCUT2D eigenvalue weighted by atomic mass is 9.87. The maximum atomic E-state index is 12.5. The van der Waals surface area contributed by atoms with E-state index in [1.807, 2.05) is 0 Å². The van der Waals surface area contributed by atoms with E-state index in [-0.39, 0.29) is 18.9 Å². The molecule has 1 saturated carbocycles. The molecule has 0 heterocycles. The molecule has 0 aromatic rings. The van der Waals surface area contributed by atoms with Gasteiger partial charge < -0.3 is 5.73 Å². The first-order valence-electron chi connectivity index (χ1n) is 4.82. The molecule has 0 amide bonds. The summed E-state index contributed by atoms with van der Waals surface area (Å²) in [4.78, 5) is 0. The Bertz CT molecular complexity index is 149. The van der Waals surface area contributed by atoms with Crippen molar-refractivity contribution in [2.75, 3.05) is 6.54 Å². The summed E-state index contributed by atoms with van der Waals surface area (Å²) in [6, 6.07) is 0. The Morgan fingerprint density at radius 1 is 1.23 bits per heavy atom. The van der Waals surface area contributed by atoms with Crippen LogP contribution in [0.5, 0.6) is 0 Å². The maximum absolute atomic E-state index is 12.5. The lowest BCUT2D eigenvalue weighted by Crippen LogP contribution is -2.31. The highest BCUT2D eigenvalue weighted by Crippen LogP contribution is 2.41. The molecule has 78 valence electrons. The lowest BCUT2D eigenvalue weighted by molar-refractivity contribution is -0.189. The Balaban J connectivity index is 2.55. The minimum atomic E-state index is -4.05. The molecular weight excluding hydrogens is 179 g/mol. The summed E-state index contributed by atoms with van der Waals surface area (Å²) in [6.45, 7) is 0.140. The molecule has 0 saturated heterocycles. The fourth-order valence-corrected chi connectivity index (χ4v) is 2.21. The van der Waals surface area contributed by atoms with Crippen LogP contribution in [0.1, 0.15) is 32.1 Å². The van der Waals surface area contributed by atoms with Crippen LogP contribution in [0.2, 0.25) is 0 Å². The molecular formula is C9H16F3N. The molecule has 1 nitrogen and oxygen atoms in total. The number of hydrogen-bond donors (Lipinski definition) is 1. The highest BCUT2D eigenvalue weighted by molar-refractivity contribution is 4.80. The zero-order valence-corrected chi connectivity index (χ0v) is 7.61. The molecule has 0 bridgehead atoms. The first kappa shape index (κ1) is 10.8. The smallest absolute Gasteiger partial charge is 0.330 e. The normalized spacial score (nSPS) is 22.2. The monoisotopic (exact) mass is 195 g/mol. The first-order valence-corrected chi connectivity index (χ1v) is 4.82. The van der Waals surface area contributed by atoms with Gasteiger partial charge in [-0.05, 0) is 31.7 Å². The third-order valence-electron chi connectivity index (χ3n) is 2.87. The average Bonchev–Trinajstić information content (AvgIpc) is 2.49. The van der Waals surface area contributed by atoms with E-state index in [0.717, 1.165) is 25.7 Å². The Hall–Kier alpha value is -0.250. The lowest BCUT2D eigenvalue weighted by Gasteiger charge is -2.25. The number of rotatable bonds is 3. The van der Waals surface area contributed by atoms with Crippen LogP contribution in [0.25, 0.3) is 0 Å². The van der Waals surface area contributed by atoms with Gasteiger partial charge in [0.2, 0.25) is 0 Å². The van der Waals surface area contributed by atoms with Gasteiger partial charge in [0, 0.05) is 0 Å². The molecule has 0 aromatic heterocycles. The summed E-state index contributed by atoms with van der Waals surface area (Å²) in [6.07, 6.45) is -0.611. The highest BCUT2D eigenvalue weighted by atomic mass is 19.4. The van der Waals surface area contributed by atoms with Gasteiger partial charge in [-0.15, -0.1) is 0 Å². The molecule has 0 spiro atoms.